The van der Waals surface area contributed by atoms with Crippen LogP contribution in [0.3, 0.4) is 0 Å². The topological polar surface area (TPSA) is 77.4 Å². The van der Waals surface area contributed by atoms with Gasteiger partial charge in [0, 0.05) is 42.6 Å². The molecule has 206 valence electrons. The van der Waals surface area contributed by atoms with Crippen LogP contribution in [-0.2, 0) is 0 Å². The van der Waals surface area contributed by atoms with Crippen molar-refractivity contribution in [2.75, 3.05) is 0 Å². The van der Waals surface area contributed by atoms with Crippen LogP contribution in [0.15, 0.2) is 47.4 Å². The summed E-state index contributed by atoms with van der Waals surface area (Å²) in [6, 6.07) is 8.18. The number of ketones is 1. The van der Waals surface area contributed by atoms with Crippen LogP contribution in [0.2, 0.25) is 5.02 Å². The van der Waals surface area contributed by atoms with Gasteiger partial charge < -0.3 is 14.6 Å². The molecule has 2 aromatic carbocycles. The molecule has 1 amide bonds. The van der Waals surface area contributed by atoms with Gasteiger partial charge in [0.2, 0.25) is 5.43 Å². The van der Waals surface area contributed by atoms with Gasteiger partial charge in [0.25, 0.3) is 5.91 Å². The highest BCUT2D eigenvalue weighted by molar-refractivity contribution is 6.31. The highest BCUT2D eigenvalue weighted by Gasteiger charge is 2.29. The minimum absolute atomic E-state index is 0.0143. The Morgan fingerprint density at radius 1 is 1.08 bits per heavy atom. The van der Waals surface area contributed by atoms with E-state index in [9.17, 15) is 27.6 Å². The molecule has 0 bridgehead atoms. The van der Waals surface area contributed by atoms with Gasteiger partial charge in [-0.25, -0.2) is 4.39 Å². The van der Waals surface area contributed by atoms with E-state index in [2.05, 4.69) is 10.1 Å². The molecule has 5 rings (SSSR count). The van der Waals surface area contributed by atoms with E-state index in [-0.39, 0.29) is 45.5 Å². The lowest BCUT2D eigenvalue weighted by molar-refractivity contribution is -0.158. The summed E-state index contributed by atoms with van der Waals surface area (Å²) in [5.41, 5.74) is 0.384. The molecule has 0 spiro atoms. The van der Waals surface area contributed by atoms with E-state index in [4.69, 9.17) is 11.6 Å². The average Bonchev–Trinajstić information content (AvgIpc) is 3.71. The normalized spacial score (nSPS) is 19.6. The molecule has 2 aliphatic carbocycles. The molecule has 0 aliphatic heterocycles. The summed E-state index contributed by atoms with van der Waals surface area (Å²) in [4.78, 5) is 38.9. The number of halogens is 4. The van der Waals surface area contributed by atoms with E-state index in [1.165, 1.54) is 30.3 Å². The number of carbonyl (C=O) groups is 2. The molecule has 2 aliphatic rings. The third-order valence-corrected chi connectivity index (χ3v) is 7.68. The molecule has 0 atom stereocenters. The fraction of sp³-hybridized carbons (Fsp3) is 0.414. The second-order valence-electron chi connectivity index (χ2n) is 10.5. The highest BCUT2D eigenvalue weighted by atomic mass is 35.5. The van der Waals surface area contributed by atoms with Crippen molar-refractivity contribution < 1.29 is 27.5 Å². The maximum absolute atomic E-state index is 14.2. The number of fused-ring (bicyclic) bond motifs is 1. The smallest absolute Gasteiger partial charge is 0.394 e. The molecular weight excluding hydrogens is 533 g/mol. The van der Waals surface area contributed by atoms with Crippen molar-refractivity contribution in [1.29, 1.82) is 0 Å². The Labute approximate surface area is 228 Å². The number of aromatic nitrogens is 1. The summed E-state index contributed by atoms with van der Waals surface area (Å²) in [6.45, 7) is 0.647. The zero-order valence-corrected chi connectivity index (χ0v) is 22.1. The van der Waals surface area contributed by atoms with Crippen molar-refractivity contribution in [2.45, 2.75) is 70.1 Å². The van der Waals surface area contributed by atoms with Gasteiger partial charge in [-0.15, -0.1) is 0 Å². The Morgan fingerprint density at radius 3 is 2.36 bits per heavy atom. The number of Topliss-reactive ketones (excluding diaryl/α,β-unsaturated/α-hetero) is 1. The van der Waals surface area contributed by atoms with Crippen LogP contribution in [0.5, 0.6) is 5.75 Å². The molecular formula is C29H28ClF3N2O4. The molecule has 6 nitrogen and oxygen atoms in total. The van der Waals surface area contributed by atoms with Gasteiger partial charge in [-0.2, -0.15) is 8.78 Å². The predicted octanol–water partition coefficient (Wildman–Crippen LogP) is 6.68. The van der Waals surface area contributed by atoms with Crippen LogP contribution in [0, 0.1) is 11.7 Å². The maximum Gasteiger partial charge on any atom is 0.394 e. The summed E-state index contributed by atoms with van der Waals surface area (Å²) in [5, 5.41) is 3.00. The van der Waals surface area contributed by atoms with Gasteiger partial charge in [0.1, 0.15) is 17.1 Å². The van der Waals surface area contributed by atoms with Gasteiger partial charge >= 0.3 is 6.11 Å². The van der Waals surface area contributed by atoms with Crippen molar-refractivity contribution in [2.24, 2.45) is 5.92 Å². The second kappa shape index (κ2) is 10.7. The fourth-order valence-corrected chi connectivity index (χ4v) is 5.39. The number of alkyl halides is 2. The number of ether oxygens (including phenoxy) is 1. The van der Waals surface area contributed by atoms with Gasteiger partial charge in [-0.05, 0) is 80.8 Å². The highest BCUT2D eigenvalue weighted by Crippen LogP contribution is 2.38. The Kier molecular flexibility index (Phi) is 7.46. The minimum atomic E-state index is -3.30. The molecule has 2 saturated carbocycles. The van der Waals surface area contributed by atoms with Gasteiger partial charge in [-0.1, -0.05) is 11.6 Å². The van der Waals surface area contributed by atoms with E-state index < -0.39 is 23.3 Å². The zero-order chi connectivity index (χ0) is 27.9. The number of rotatable bonds is 8. The number of nitrogens with zero attached hydrogens (tertiary/aromatic N) is 1. The van der Waals surface area contributed by atoms with Gasteiger partial charge in [-0.3, -0.25) is 14.4 Å². The molecule has 1 N–H and O–H groups in total. The molecule has 10 heteroatoms. The largest absolute Gasteiger partial charge is 0.433 e. The number of benzene rings is 2. The van der Waals surface area contributed by atoms with Gasteiger partial charge in [0.15, 0.2) is 5.78 Å². The Morgan fingerprint density at radius 2 is 1.74 bits per heavy atom. The number of nitrogens with one attached hydrogen (secondary N) is 1. The van der Waals surface area contributed by atoms with Crippen LogP contribution in [-0.4, -0.2) is 28.4 Å². The summed E-state index contributed by atoms with van der Waals surface area (Å²) in [7, 11) is 0. The zero-order valence-electron chi connectivity index (χ0n) is 21.3. The molecule has 0 saturated heterocycles. The fourth-order valence-electron chi connectivity index (χ4n) is 5.23. The number of hydrogen-bond acceptors (Lipinski definition) is 4. The number of carbonyl (C=O) groups excluding carboxylic acids is 2. The Balaban J connectivity index is 1.20. The van der Waals surface area contributed by atoms with Crippen molar-refractivity contribution in [1.82, 2.24) is 9.88 Å². The molecule has 39 heavy (non-hydrogen) atoms. The average molecular weight is 561 g/mol. The van der Waals surface area contributed by atoms with Crippen molar-refractivity contribution >= 4 is 34.2 Å². The number of hydrogen-bond donors (Lipinski definition) is 1. The number of pyridine rings is 1. The Hall–Kier alpha value is -3.33. The monoisotopic (exact) mass is 560 g/mol. The summed E-state index contributed by atoms with van der Waals surface area (Å²) < 4.78 is 46.5. The van der Waals surface area contributed by atoms with Crippen LogP contribution in [0.4, 0.5) is 13.2 Å². The van der Waals surface area contributed by atoms with Crippen LogP contribution in [0.25, 0.3) is 10.9 Å². The SMILES string of the molecule is CC(F)(F)Oc1ccc(C(=O)CC2CCC(NC(=O)c3cn(C4CC4)c4cc(Cl)c(F)cc4c3=O)CC2)cc1. The third kappa shape index (κ3) is 6.30. The Bertz CT molecular complexity index is 1470. The lowest BCUT2D eigenvalue weighted by atomic mass is 9.82. The second-order valence-corrected chi connectivity index (χ2v) is 11.0. The first-order valence-corrected chi connectivity index (χ1v) is 13.4. The van der Waals surface area contributed by atoms with Crippen molar-refractivity contribution in [3.8, 4) is 5.75 Å². The quantitative estimate of drug-likeness (QED) is 0.312. The summed E-state index contributed by atoms with van der Waals surface area (Å²) in [6.07, 6.45) is 3.11. The minimum Gasteiger partial charge on any atom is -0.433 e. The lowest BCUT2D eigenvalue weighted by Crippen LogP contribution is -2.40. The molecule has 3 aromatic rings. The van der Waals surface area contributed by atoms with E-state index >= 15 is 0 Å². The van der Waals surface area contributed by atoms with E-state index in [0.29, 0.717) is 50.1 Å². The van der Waals surface area contributed by atoms with Crippen LogP contribution >= 0.6 is 11.6 Å². The molecule has 2 fully saturated rings. The molecule has 1 aromatic heterocycles. The van der Waals surface area contributed by atoms with Crippen LogP contribution < -0.4 is 15.5 Å². The first-order valence-electron chi connectivity index (χ1n) is 13.0. The van der Waals surface area contributed by atoms with E-state index in [1.807, 2.05) is 4.57 Å². The van der Waals surface area contributed by atoms with E-state index in [1.54, 1.807) is 6.20 Å². The predicted molar refractivity (Wildman–Crippen MR) is 141 cm³/mol. The first-order chi connectivity index (χ1) is 18.5. The maximum atomic E-state index is 14.2. The summed E-state index contributed by atoms with van der Waals surface area (Å²) >= 11 is 5.95. The number of amides is 1. The van der Waals surface area contributed by atoms with Crippen LogP contribution in [0.1, 0.15) is 78.6 Å². The molecule has 1 heterocycles. The van der Waals surface area contributed by atoms with E-state index in [0.717, 1.165) is 18.9 Å². The molecule has 0 radical (unpaired) electrons. The lowest BCUT2D eigenvalue weighted by Gasteiger charge is -2.29. The third-order valence-electron chi connectivity index (χ3n) is 7.39. The molecule has 0 unspecified atom stereocenters. The van der Waals surface area contributed by atoms with Crippen molar-refractivity contribution in [3.05, 3.63) is 74.8 Å². The van der Waals surface area contributed by atoms with Gasteiger partial charge in [0.05, 0.1) is 10.5 Å². The van der Waals surface area contributed by atoms with Crippen molar-refractivity contribution in [3.63, 3.8) is 0 Å². The first kappa shape index (κ1) is 27.2. The standard InChI is InChI=1S/C29H28ClF3N2O4/c1-29(32,33)39-20-10-4-17(5-11-20)26(36)12-16-2-6-18(7-3-16)34-28(38)22-15-35(19-8-9-19)25-14-23(30)24(31)13-21(25)27(22)37/h4-5,10-11,13-16,18-19H,2-3,6-9,12H2,1H3,(H,34,38). The summed E-state index contributed by atoms with van der Waals surface area (Å²) in [5.74, 6) is -1.17.